The maximum Gasteiger partial charge on any atom is 0.339 e. The first-order valence-electron chi connectivity index (χ1n) is 6.50. The second-order valence-corrected chi connectivity index (χ2v) is 4.07. The van der Waals surface area contributed by atoms with Crippen LogP contribution in [0.1, 0.15) is 27.6 Å². The molecule has 8 heteroatoms. The molecule has 0 bridgehead atoms. The van der Waals surface area contributed by atoms with Crippen molar-refractivity contribution in [3.8, 4) is 0 Å². The number of hydrogen-bond donors (Lipinski definition) is 2. The van der Waals surface area contributed by atoms with Crippen molar-refractivity contribution in [3.63, 3.8) is 0 Å². The van der Waals surface area contributed by atoms with Crippen LogP contribution in [0.4, 0.5) is 4.39 Å². The predicted molar refractivity (Wildman–Crippen MR) is 73.1 cm³/mol. The largest absolute Gasteiger partial charge is 0.478 e. The Morgan fingerprint density at radius 3 is 2.64 bits per heavy atom. The van der Waals surface area contributed by atoms with Gasteiger partial charge in [-0.25, -0.2) is 9.18 Å². The van der Waals surface area contributed by atoms with Gasteiger partial charge in [-0.2, -0.15) is 0 Å². The summed E-state index contributed by atoms with van der Waals surface area (Å²) in [5.74, 6) is -4.18. The van der Waals surface area contributed by atoms with Crippen LogP contribution in [0.3, 0.4) is 0 Å². The monoisotopic (exact) mass is 313 g/mol. The van der Waals surface area contributed by atoms with Crippen LogP contribution >= 0.6 is 0 Å². The highest BCUT2D eigenvalue weighted by molar-refractivity contribution is 6.05. The number of halogens is 1. The molecule has 0 aliphatic carbocycles. The number of amides is 1. The molecule has 0 fully saturated rings. The number of carboxylic acid groups (broad SMARTS) is 1. The number of hydrogen-bond acceptors (Lipinski definition) is 5. The first kappa shape index (κ1) is 17.6. The van der Waals surface area contributed by atoms with Gasteiger partial charge in [0.2, 0.25) is 0 Å². The number of benzene rings is 1. The van der Waals surface area contributed by atoms with E-state index in [0.29, 0.717) is 6.61 Å². The third-order valence-corrected chi connectivity index (χ3v) is 2.56. The summed E-state index contributed by atoms with van der Waals surface area (Å²) in [4.78, 5) is 34.1. The highest BCUT2D eigenvalue weighted by Gasteiger charge is 2.21. The van der Waals surface area contributed by atoms with Gasteiger partial charge in [0.15, 0.2) is 0 Å². The van der Waals surface area contributed by atoms with Crippen LogP contribution in [0.15, 0.2) is 18.2 Å². The van der Waals surface area contributed by atoms with Gasteiger partial charge < -0.3 is 19.9 Å². The lowest BCUT2D eigenvalue weighted by Gasteiger charge is -2.08. The molecule has 2 N–H and O–H groups in total. The predicted octanol–water partition coefficient (Wildman–Crippen LogP) is 0.833. The summed E-state index contributed by atoms with van der Waals surface area (Å²) < 4.78 is 23.2. The van der Waals surface area contributed by atoms with Gasteiger partial charge in [-0.05, 0) is 19.1 Å². The lowest BCUT2D eigenvalue weighted by Crippen LogP contribution is -2.32. The van der Waals surface area contributed by atoms with Crippen LogP contribution in [0.25, 0.3) is 0 Å². The number of carbonyl (C=O) groups is 3. The van der Waals surface area contributed by atoms with Crippen molar-refractivity contribution in [1.29, 1.82) is 0 Å². The van der Waals surface area contributed by atoms with Gasteiger partial charge in [-0.3, -0.25) is 9.59 Å². The van der Waals surface area contributed by atoms with E-state index in [1.165, 1.54) is 6.07 Å². The van der Waals surface area contributed by atoms with Crippen molar-refractivity contribution in [2.75, 3.05) is 26.4 Å². The number of carboxylic acids is 1. The Morgan fingerprint density at radius 1 is 1.27 bits per heavy atom. The fraction of sp³-hybridized carbons (Fsp3) is 0.357. The summed E-state index contributed by atoms with van der Waals surface area (Å²) in [7, 11) is 0. The van der Waals surface area contributed by atoms with Gasteiger partial charge in [0.1, 0.15) is 24.5 Å². The van der Waals surface area contributed by atoms with Crippen molar-refractivity contribution in [2.45, 2.75) is 6.92 Å². The summed E-state index contributed by atoms with van der Waals surface area (Å²) in [6.45, 7) is 2.11. The van der Waals surface area contributed by atoms with E-state index < -0.39 is 35.8 Å². The number of aromatic carboxylic acids is 1. The Kier molecular flexibility index (Phi) is 6.97. The van der Waals surface area contributed by atoms with E-state index >= 15 is 0 Å². The number of carbonyl (C=O) groups excluding carboxylic acids is 2. The third kappa shape index (κ3) is 5.13. The van der Waals surface area contributed by atoms with E-state index in [0.717, 1.165) is 12.1 Å². The van der Waals surface area contributed by atoms with E-state index in [-0.39, 0.29) is 18.8 Å². The lowest BCUT2D eigenvalue weighted by atomic mass is 10.1. The van der Waals surface area contributed by atoms with Gasteiger partial charge in [-0.1, -0.05) is 6.07 Å². The molecule has 0 atom stereocenters. The maximum absolute atomic E-state index is 13.4. The molecule has 0 saturated heterocycles. The number of rotatable bonds is 8. The minimum atomic E-state index is -1.57. The topological polar surface area (TPSA) is 102 Å². The van der Waals surface area contributed by atoms with Gasteiger partial charge >= 0.3 is 11.9 Å². The second kappa shape index (κ2) is 8.73. The van der Waals surface area contributed by atoms with Crippen LogP contribution < -0.4 is 5.32 Å². The molecule has 0 saturated carbocycles. The van der Waals surface area contributed by atoms with Crippen LogP contribution in [0.5, 0.6) is 0 Å². The molecule has 1 aromatic carbocycles. The lowest BCUT2D eigenvalue weighted by molar-refractivity contribution is -0.143. The summed E-state index contributed by atoms with van der Waals surface area (Å²) >= 11 is 0. The zero-order valence-corrected chi connectivity index (χ0v) is 11.9. The fourth-order valence-corrected chi connectivity index (χ4v) is 1.59. The fourth-order valence-electron chi connectivity index (χ4n) is 1.59. The van der Waals surface area contributed by atoms with Crippen molar-refractivity contribution in [2.24, 2.45) is 0 Å². The Morgan fingerprint density at radius 2 is 2.00 bits per heavy atom. The molecular weight excluding hydrogens is 297 g/mol. The van der Waals surface area contributed by atoms with Crippen molar-refractivity contribution in [1.82, 2.24) is 5.32 Å². The van der Waals surface area contributed by atoms with Crippen LogP contribution in [-0.4, -0.2) is 49.3 Å². The van der Waals surface area contributed by atoms with Gasteiger partial charge in [0, 0.05) is 6.61 Å². The molecule has 1 aromatic rings. The van der Waals surface area contributed by atoms with Crippen LogP contribution in [0, 0.1) is 5.82 Å². The van der Waals surface area contributed by atoms with E-state index in [2.05, 4.69) is 5.32 Å². The average molecular weight is 313 g/mol. The minimum absolute atomic E-state index is 0.0445. The second-order valence-electron chi connectivity index (χ2n) is 4.07. The molecule has 0 unspecified atom stereocenters. The SMILES string of the molecule is CCOCCOC(=O)CNC(=O)c1cccc(F)c1C(=O)O. The molecule has 0 radical (unpaired) electrons. The van der Waals surface area contributed by atoms with Gasteiger partial charge in [0.05, 0.1) is 12.2 Å². The Bertz CT molecular complexity index is 560. The van der Waals surface area contributed by atoms with E-state index in [1.807, 2.05) is 0 Å². The Hall–Kier alpha value is -2.48. The van der Waals surface area contributed by atoms with Gasteiger partial charge in [0.25, 0.3) is 5.91 Å². The van der Waals surface area contributed by atoms with Crippen molar-refractivity contribution < 1.29 is 33.4 Å². The highest BCUT2D eigenvalue weighted by atomic mass is 19.1. The molecule has 1 amide bonds. The first-order chi connectivity index (χ1) is 10.5. The zero-order chi connectivity index (χ0) is 16.5. The highest BCUT2D eigenvalue weighted by Crippen LogP contribution is 2.13. The van der Waals surface area contributed by atoms with E-state index in [4.69, 9.17) is 14.6 Å². The third-order valence-electron chi connectivity index (χ3n) is 2.56. The Labute approximate surface area is 126 Å². The van der Waals surface area contributed by atoms with E-state index in [9.17, 15) is 18.8 Å². The molecule has 120 valence electrons. The molecule has 22 heavy (non-hydrogen) atoms. The van der Waals surface area contributed by atoms with Crippen molar-refractivity contribution in [3.05, 3.63) is 35.1 Å². The molecule has 0 spiro atoms. The molecular formula is C14H16FNO6. The number of ether oxygens (including phenoxy) is 2. The maximum atomic E-state index is 13.4. The first-order valence-corrected chi connectivity index (χ1v) is 6.50. The molecule has 0 aliphatic heterocycles. The summed E-state index contributed by atoms with van der Waals surface area (Å²) in [5, 5.41) is 11.1. The quantitative estimate of drug-likeness (QED) is 0.544. The summed E-state index contributed by atoms with van der Waals surface area (Å²) in [5.41, 5.74) is -1.11. The normalized spacial score (nSPS) is 10.1. The summed E-state index contributed by atoms with van der Waals surface area (Å²) in [6.07, 6.45) is 0. The average Bonchev–Trinajstić information content (AvgIpc) is 2.48. The molecule has 7 nitrogen and oxygen atoms in total. The molecule has 0 heterocycles. The van der Waals surface area contributed by atoms with E-state index in [1.54, 1.807) is 6.92 Å². The molecule has 1 rings (SSSR count). The van der Waals surface area contributed by atoms with Crippen LogP contribution in [-0.2, 0) is 14.3 Å². The number of nitrogens with one attached hydrogen (secondary N) is 1. The summed E-state index contributed by atoms with van der Waals surface area (Å²) in [6, 6.07) is 3.29. The number of esters is 1. The van der Waals surface area contributed by atoms with Crippen LogP contribution in [0.2, 0.25) is 0 Å². The molecule has 0 aliphatic rings. The standard InChI is InChI=1S/C14H16FNO6/c1-2-21-6-7-22-11(17)8-16-13(18)9-4-3-5-10(15)12(9)14(19)20/h3-5H,2,6-8H2,1H3,(H,16,18)(H,19,20). The van der Waals surface area contributed by atoms with Gasteiger partial charge in [-0.15, -0.1) is 0 Å². The zero-order valence-electron chi connectivity index (χ0n) is 11.9. The Balaban J connectivity index is 2.58. The minimum Gasteiger partial charge on any atom is -0.478 e. The molecule has 0 aromatic heterocycles. The van der Waals surface area contributed by atoms with Crippen molar-refractivity contribution >= 4 is 17.8 Å². The smallest absolute Gasteiger partial charge is 0.339 e.